The fourth-order valence-corrected chi connectivity index (χ4v) is 3.15. The van der Waals surface area contributed by atoms with Gasteiger partial charge >= 0.3 is 12.3 Å². The van der Waals surface area contributed by atoms with Crippen LogP contribution in [0.1, 0.15) is 35.7 Å². The molecular formula is C22H21F3N2O5. The number of amides is 2. The van der Waals surface area contributed by atoms with Gasteiger partial charge in [0.05, 0.1) is 5.56 Å². The van der Waals surface area contributed by atoms with Crippen LogP contribution in [0, 0.1) is 0 Å². The number of nitrogens with one attached hydrogen (secondary N) is 1. The first-order valence-corrected chi connectivity index (χ1v) is 9.85. The first kappa shape index (κ1) is 23.1. The van der Waals surface area contributed by atoms with Gasteiger partial charge in [-0.05, 0) is 55.3 Å². The van der Waals surface area contributed by atoms with E-state index in [-0.39, 0.29) is 17.2 Å². The van der Waals surface area contributed by atoms with Gasteiger partial charge in [0.1, 0.15) is 5.75 Å². The lowest BCUT2D eigenvalue weighted by atomic mass is 10.1. The highest BCUT2D eigenvalue weighted by Crippen LogP contribution is 2.24. The second kappa shape index (κ2) is 9.71. The number of likely N-dealkylation sites (tertiary alicyclic amines) is 1. The molecule has 1 heterocycles. The minimum atomic E-state index is -4.81. The average molecular weight is 450 g/mol. The number of carbonyl (C=O) groups is 3. The summed E-state index contributed by atoms with van der Waals surface area (Å²) in [5, 5.41) is 2.46. The minimum Gasteiger partial charge on any atom is -0.449 e. The summed E-state index contributed by atoms with van der Waals surface area (Å²) in [6.45, 7) is 2.44. The number of rotatable bonds is 7. The zero-order valence-corrected chi connectivity index (χ0v) is 17.1. The molecule has 7 nitrogen and oxygen atoms in total. The molecule has 1 N–H and O–H groups in total. The molecule has 1 saturated heterocycles. The number of nitrogens with zero attached hydrogens (tertiary/aromatic N) is 1. The molecular weight excluding hydrogens is 429 g/mol. The molecule has 1 aliphatic rings. The summed E-state index contributed by atoms with van der Waals surface area (Å²) < 4.78 is 45.6. The molecule has 0 aromatic heterocycles. The monoisotopic (exact) mass is 450 g/mol. The molecule has 1 unspecified atom stereocenters. The van der Waals surface area contributed by atoms with Crippen molar-refractivity contribution in [2.24, 2.45) is 0 Å². The molecule has 2 aromatic rings. The summed E-state index contributed by atoms with van der Waals surface area (Å²) in [6, 6.07) is 11.2. The fraction of sp³-hybridized carbons (Fsp3) is 0.318. The van der Waals surface area contributed by atoms with Crippen molar-refractivity contribution in [2.45, 2.75) is 38.8 Å². The molecule has 2 aromatic carbocycles. The van der Waals surface area contributed by atoms with E-state index >= 15 is 0 Å². The topological polar surface area (TPSA) is 84.9 Å². The van der Waals surface area contributed by atoms with Gasteiger partial charge in [-0.25, -0.2) is 4.79 Å². The number of anilines is 1. The SMILES string of the molecule is CC(OC(=O)c1cccc(CN2CCCC2=O)c1)C(=O)Nc1ccc(OC(F)(F)F)cc1. The van der Waals surface area contributed by atoms with Crippen molar-refractivity contribution in [1.82, 2.24) is 4.90 Å². The van der Waals surface area contributed by atoms with Crippen molar-refractivity contribution >= 4 is 23.5 Å². The van der Waals surface area contributed by atoms with Gasteiger partial charge in [0.25, 0.3) is 5.91 Å². The van der Waals surface area contributed by atoms with E-state index < -0.39 is 30.1 Å². The highest BCUT2D eigenvalue weighted by atomic mass is 19.4. The van der Waals surface area contributed by atoms with Crippen LogP contribution in [-0.2, 0) is 20.9 Å². The number of halogens is 3. The molecule has 0 bridgehead atoms. The molecule has 10 heteroatoms. The van der Waals surface area contributed by atoms with E-state index in [9.17, 15) is 27.6 Å². The van der Waals surface area contributed by atoms with E-state index in [2.05, 4.69) is 10.1 Å². The van der Waals surface area contributed by atoms with Gasteiger partial charge in [0.2, 0.25) is 5.91 Å². The van der Waals surface area contributed by atoms with Crippen LogP contribution in [0.5, 0.6) is 5.75 Å². The Kier molecular flexibility index (Phi) is 7.01. The summed E-state index contributed by atoms with van der Waals surface area (Å²) >= 11 is 0. The average Bonchev–Trinajstić information content (AvgIpc) is 3.13. The molecule has 0 spiro atoms. The van der Waals surface area contributed by atoms with Gasteiger partial charge in [0, 0.05) is 25.2 Å². The second-order valence-electron chi connectivity index (χ2n) is 7.23. The van der Waals surface area contributed by atoms with Crippen LogP contribution in [0.25, 0.3) is 0 Å². The lowest BCUT2D eigenvalue weighted by Crippen LogP contribution is -2.30. The first-order valence-electron chi connectivity index (χ1n) is 9.85. The number of carbonyl (C=O) groups excluding carboxylic acids is 3. The Bertz CT molecular complexity index is 992. The molecule has 0 radical (unpaired) electrons. The third kappa shape index (κ3) is 6.47. The van der Waals surface area contributed by atoms with E-state index in [0.29, 0.717) is 19.5 Å². The number of hydrogen-bond acceptors (Lipinski definition) is 5. The highest BCUT2D eigenvalue weighted by molar-refractivity contribution is 5.97. The third-order valence-electron chi connectivity index (χ3n) is 4.72. The number of alkyl halides is 3. The maximum absolute atomic E-state index is 12.4. The Morgan fingerprint density at radius 3 is 2.50 bits per heavy atom. The zero-order chi connectivity index (χ0) is 23.3. The second-order valence-corrected chi connectivity index (χ2v) is 7.23. The molecule has 0 aliphatic carbocycles. The fourth-order valence-electron chi connectivity index (χ4n) is 3.15. The maximum Gasteiger partial charge on any atom is 0.573 e. The summed E-state index contributed by atoms with van der Waals surface area (Å²) in [6.07, 6.45) is -4.63. The van der Waals surface area contributed by atoms with Crippen LogP contribution in [0.2, 0.25) is 0 Å². The van der Waals surface area contributed by atoms with Gasteiger partial charge in [-0.1, -0.05) is 12.1 Å². The quantitative estimate of drug-likeness (QED) is 0.647. The highest BCUT2D eigenvalue weighted by Gasteiger charge is 2.31. The van der Waals surface area contributed by atoms with Gasteiger partial charge in [0.15, 0.2) is 6.10 Å². The molecule has 1 atom stereocenters. The molecule has 1 fully saturated rings. The van der Waals surface area contributed by atoms with Crippen LogP contribution >= 0.6 is 0 Å². The molecule has 32 heavy (non-hydrogen) atoms. The molecule has 170 valence electrons. The normalized spacial score (nSPS) is 14.8. The molecule has 3 rings (SSSR count). The standard InChI is InChI=1S/C22H21F3N2O5/c1-14(20(29)26-17-7-9-18(10-8-17)32-22(23,24)25)31-21(30)16-5-2-4-15(12-16)13-27-11-3-6-19(27)28/h2,4-5,7-10,12,14H,3,6,11,13H2,1H3,(H,26,29). The van der Waals surface area contributed by atoms with E-state index in [1.165, 1.54) is 19.1 Å². The van der Waals surface area contributed by atoms with Crippen molar-refractivity contribution in [1.29, 1.82) is 0 Å². The van der Waals surface area contributed by atoms with Crippen molar-refractivity contribution in [3.05, 3.63) is 59.7 Å². The Hall–Kier alpha value is -3.56. The summed E-state index contributed by atoms with van der Waals surface area (Å²) in [7, 11) is 0. The van der Waals surface area contributed by atoms with Crippen molar-refractivity contribution < 1.29 is 37.0 Å². The lowest BCUT2D eigenvalue weighted by Gasteiger charge is -2.17. The van der Waals surface area contributed by atoms with Crippen molar-refractivity contribution in [2.75, 3.05) is 11.9 Å². The smallest absolute Gasteiger partial charge is 0.449 e. The number of benzene rings is 2. The van der Waals surface area contributed by atoms with Crippen LogP contribution in [0.15, 0.2) is 48.5 Å². The third-order valence-corrected chi connectivity index (χ3v) is 4.72. The van der Waals surface area contributed by atoms with Crippen LogP contribution in [0.4, 0.5) is 18.9 Å². The van der Waals surface area contributed by atoms with E-state index in [4.69, 9.17) is 4.74 Å². The molecule has 1 aliphatic heterocycles. The summed E-state index contributed by atoms with van der Waals surface area (Å²) in [5.41, 5.74) is 1.22. The Morgan fingerprint density at radius 2 is 1.88 bits per heavy atom. The summed E-state index contributed by atoms with van der Waals surface area (Å²) in [4.78, 5) is 38.2. The molecule has 0 saturated carbocycles. The first-order chi connectivity index (χ1) is 15.1. The van der Waals surface area contributed by atoms with E-state index in [0.717, 1.165) is 24.1 Å². The van der Waals surface area contributed by atoms with Crippen LogP contribution in [-0.4, -0.2) is 41.7 Å². The van der Waals surface area contributed by atoms with Gasteiger partial charge in [-0.15, -0.1) is 13.2 Å². The van der Waals surface area contributed by atoms with E-state index in [1.54, 1.807) is 29.2 Å². The molecule has 2 amide bonds. The van der Waals surface area contributed by atoms with Crippen LogP contribution < -0.4 is 10.1 Å². The predicted molar refractivity (Wildman–Crippen MR) is 108 cm³/mol. The van der Waals surface area contributed by atoms with Gasteiger partial charge < -0.3 is 19.7 Å². The van der Waals surface area contributed by atoms with Gasteiger partial charge in [-0.2, -0.15) is 0 Å². The predicted octanol–water partition coefficient (Wildman–Crippen LogP) is 3.89. The van der Waals surface area contributed by atoms with Crippen molar-refractivity contribution in [3.63, 3.8) is 0 Å². The Balaban J connectivity index is 1.55. The Labute approximate surface area is 182 Å². The largest absolute Gasteiger partial charge is 0.573 e. The number of esters is 1. The zero-order valence-electron chi connectivity index (χ0n) is 17.1. The summed E-state index contributed by atoms with van der Waals surface area (Å²) in [5.74, 6) is -1.72. The van der Waals surface area contributed by atoms with Gasteiger partial charge in [-0.3, -0.25) is 9.59 Å². The number of hydrogen-bond donors (Lipinski definition) is 1. The lowest BCUT2D eigenvalue weighted by molar-refractivity contribution is -0.274. The van der Waals surface area contributed by atoms with Crippen molar-refractivity contribution in [3.8, 4) is 5.75 Å². The number of ether oxygens (including phenoxy) is 2. The minimum absolute atomic E-state index is 0.0706. The van der Waals surface area contributed by atoms with E-state index in [1.807, 2.05) is 0 Å². The Morgan fingerprint density at radius 1 is 1.16 bits per heavy atom. The maximum atomic E-state index is 12.4. The van der Waals surface area contributed by atoms with Crippen LogP contribution in [0.3, 0.4) is 0 Å².